The monoisotopic (exact) mass is 437 g/mol. The molecule has 0 radical (unpaired) electrons. The third-order valence-corrected chi connectivity index (χ3v) is 6.31. The van der Waals surface area contributed by atoms with Crippen LogP contribution in [0.25, 0.3) is 0 Å². The summed E-state index contributed by atoms with van der Waals surface area (Å²) >= 11 is 3.49. The van der Waals surface area contributed by atoms with E-state index in [0.717, 1.165) is 53.8 Å². The van der Waals surface area contributed by atoms with Crippen molar-refractivity contribution in [3.05, 3.63) is 82.3 Å². The zero-order chi connectivity index (χ0) is 19.6. The molecule has 1 saturated carbocycles. The first kappa shape index (κ1) is 18.9. The Morgan fingerprint density at radius 3 is 2.39 bits per heavy atom. The molecule has 1 amide bonds. The molecule has 1 heterocycles. The number of hydrogen-bond donors (Lipinski definition) is 1. The third kappa shape index (κ3) is 3.76. The van der Waals surface area contributed by atoms with Gasteiger partial charge >= 0.3 is 0 Å². The van der Waals surface area contributed by atoms with E-state index in [1.807, 2.05) is 43.6 Å². The largest absolute Gasteiger partial charge is 0.331 e. The van der Waals surface area contributed by atoms with Crippen molar-refractivity contribution in [2.45, 2.75) is 44.6 Å². The van der Waals surface area contributed by atoms with Gasteiger partial charge in [0.05, 0.1) is 5.41 Å². The number of aromatic nitrogens is 2. The highest BCUT2D eigenvalue weighted by Gasteiger charge is 2.42. The average Bonchev–Trinajstić information content (AvgIpc) is 3.34. The van der Waals surface area contributed by atoms with Crippen molar-refractivity contribution in [3.63, 3.8) is 0 Å². The van der Waals surface area contributed by atoms with Crippen LogP contribution in [0.4, 0.5) is 5.69 Å². The number of hydrogen-bond acceptors (Lipinski definition) is 2. The van der Waals surface area contributed by atoms with Crippen LogP contribution in [0.1, 0.15) is 42.6 Å². The van der Waals surface area contributed by atoms with E-state index in [4.69, 9.17) is 0 Å². The molecule has 1 fully saturated rings. The van der Waals surface area contributed by atoms with E-state index < -0.39 is 5.41 Å². The Labute approximate surface area is 174 Å². The van der Waals surface area contributed by atoms with Crippen molar-refractivity contribution in [2.24, 2.45) is 0 Å². The summed E-state index contributed by atoms with van der Waals surface area (Å²) < 4.78 is 3.14. The second kappa shape index (κ2) is 7.92. The van der Waals surface area contributed by atoms with Crippen molar-refractivity contribution < 1.29 is 4.79 Å². The van der Waals surface area contributed by atoms with Gasteiger partial charge in [-0.15, -0.1) is 0 Å². The van der Waals surface area contributed by atoms with E-state index in [2.05, 4.69) is 55.1 Å². The zero-order valence-electron chi connectivity index (χ0n) is 16.0. The molecule has 1 aliphatic rings. The highest BCUT2D eigenvalue weighted by atomic mass is 79.9. The Balaban J connectivity index is 1.50. The lowest BCUT2D eigenvalue weighted by atomic mass is 9.78. The molecule has 0 unspecified atom stereocenters. The van der Waals surface area contributed by atoms with Crippen LogP contribution in [0.3, 0.4) is 0 Å². The van der Waals surface area contributed by atoms with Crippen molar-refractivity contribution in [3.8, 4) is 0 Å². The molecule has 0 aliphatic heterocycles. The van der Waals surface area contributed by atoms with Crippen molar-refractivity contribution in [2.75, 3.05) is 5.32 Å². The minimum Gasteiger partial charge on any atom is -0.331 e. The van der Waals surface area contributed by atoms with Gasteiger partial charge in [0, 0.05) is 29.1 Å². The van der Waals surface area contributed by atoms with Gasteiger partial charge in [-0.2, -0.15) is 0 Å². The predicted octanol–water partition coefficient (Wildman–Crippen LogP) is 5.45. The van der Waals surface area contributed by atoms with Crippen molar-refractivity contribution in [1.82, 2.24) is 9.55 Å². The van der Waals surface area contributed by atoms with E-state index in [9.17, 15) is 4.79 Å². The maximum absolute atomic E-state index is 13.3. The Morgan fingerprint density at radius 2 is 1.79 bits per heavy atom. The van der Waals surface area contributed by atoms with Crippen LogP contribution in [0.5, 0.6) is 0 Å². The molecule has 0 atom stereocenters. The maximum atomic E-state index is 13.3. The predicted molar refractivity (Wildman–Crippen MR) is 115 cm³/mol. The van der Waals surface area contributed by atoms with E-state index in [1.54, 1.807) is 0 Å². The van der Waals surface area contributed by atoms with Gasteiger partial charge in [-0.1, -0.05) is 53.0 Å². The molecule has 0 saturated heterocycles. The van der Waals surface area contributed by atoms with Gasteiger partial charge in [0.15, 0.2) is 0 Å². The maximum Gasteiger partial charge on any atom is 0.235 e. The molecule has 3 aromatic rings. The van der Waals surface area contributed by atoms with Gasteiger partial charge in [-0.05, 0) is 55.2 Å². The minimum atomic E-state index is -0.423. The molecule has 1 aromatic heterocycles. The lowest BCUT2D eigenvalue weighted by Crippen LogP contribution is -2.37. The number of nitrogens with zero attached hydrogens (tertiary/aromatic N) is 2. The van der Waals surface area contributed by atoms with Crippen LogP contribution in [-0.2, 0) is 16.8 Å². The van der Waals surface area contributed by atoms with E-state index in [-0.39, 0.29) is 5.91 Å². The van der Waals surface area contributed by atoms with Crippen molar-refractivity contribution >= 4 is 27.5 Å². The Morgan fingerprint density at radius 1 is 1.11 bits per heavy atom. The number of nitrogens with one attached hydrogen (secondary N) is 1. The SMILES string of the molecule is Cc1nccn1Cc1ccc(NC(=O)C2(c3ccc(Br)cc3)CCCC2)cc1. The fourth-order valence-electron chi connectivity index (χ4n) is 4.11. The molecule has 0 bridgehead atoms. The van der Waals surface area contributed by atoms with E-state index >= 15 is 0 Å². The van der Waals surface area contributed by atoms with Gasteiger partial charge in [0.2, 0.25) is 5.91 Å². The van der Waals surface area contributed by atoms with Crippen LogP contribution in [0.2, 0.25) is 0 Å². The zero-order valence-corrected chi connectivity index (χ0v) is 17.6. The highest BCUT2D eigenvalue weighted by molar-refractivity contribution is 9.10. The second-order valence-electron chi connectivity index (χ2n) is 7.55. The van der Waals surface area contributed by atoms with Gasteiger partial charge in [0.25, 0.3) is 0 Å². The Kier molecular flexibility index (Phi) is 5.36. The van der Waals surface area contributed by atoms with Crippen LogP contribution in [0.15, 0.2) is 65.4 Å². The summed E-state index contributed by atoms with van der Waals surface area (Å²) in [5.41, 5.74) is 2.72. The number of anilines is 1. The van der Waals surface area contributed by atoms with Crippen LogP contribution in [0, 0.1) is 6.92 Å². The number of imidazole rings is 1. The van der Waals surface area contributed by atoms with Gasteiger partial charge in [-0.3, -0.25) is 4.79 Å². The number of halogens is 1. The first-order valence-electron chi connectivity index (χ1n) is 9.71. The average molecular weight is 438 g/mol. The Hall–Kier alpha value is -2.40. The summed E-state index contributed by atoms with van der Waals surface area (Å²) in [5, 5.41) is 3.17. The van der Waals surface area contributed by atoms with Crippen molar-refractivity contribution in [1.29, 1.82) is 0 Å². The summed E-state index contributed by atoms with van der Waals surface area (Å²) in [5.74, 6) is 1.10. The number of benzene rings is 2. The second-order valence-corrected chi connectivity index (χ2v) is 8.47. The summed E-state index contributed by atoms with van der Waals surface area (Å²) in [7, 11) is 0. The molecular formula is C23H24BrN3O. The fourth-order valence-corrected chi connectivity index (χ4v) is 4.37. The normalized spacial score (nSPS) is 15.5. The summed E-state index contributed by atoms with van der Waals surface area (Å²) in [6, 6.07) is 16.3. The van der Waals surface area contributed by atoms with E-state index in [0.29, 0.717) is 0 Å². The lowest BCUT2D eigenvalue weighted by molar-refractivity contribution is -0.121. The number of amides is 1. The number of aryl methyl sites for hydroxylation is 1. The number of carbonyl (C=O) groups is 1. The van der Waals surface area contributed by atoms with Crippen LogP contribution >= 0.6 is 15.9 Å². The summed E-state index contributed by atoms with van der Waals surface area (Å²) in [4.78, 5) is 17.5. The summed E-state index contributed by atoms with van der Waals surface area (Å²) in [6.07, 6.45) is 7.77. The molecule has 2 aromatic carbocycles. The molecule has 5 heteroatoms. The molecule has 1 N–H and O–H groups in total. The van der Waals surface area contributed by atoms with Gasteiger partial charge in [0.1, 0.15) is 5.82 Å². The summed E-state index contributed by atoms with van der Waals surface area (Å²) in [6.45, 7) is 2.78. The van der Waals surface area contributed by atoms with Crippen LogP contribution < -0.4 is 5.32 Å². The van der Waals surface area contributed by atoms with E-state index in [1.165, 1.54) is 5.56 Å². The first-order chi connectivity index (χ1) is 13.6. The minimum absolute atomic E-state index is 0.102. The number of rotatable bonds is 5. The van der Waals surface area contributed by atoms with Gasteiger partial charge in [-0.25, -0.2) is 4.98 Å². The highest BCUT2D eigenvalue weighted by Crippen LogP contribution is 2.42. The molecule has 0 spiro atoms. The molecular weight excluding hydrogens is 414 g/mol. The standard InChI is InChI=1S/C23H24BrN3O/c1-17-25-14-15-27(17)16-18-4-10-21(11-5-18)26-22(28)23(12-2-3-13-23)19-6-8-20(24)9-7-19/h4-11,14-15H,2-3,12-13,16H2,1H3,(H,26,28). The fraction of sp³-hybridized carbons (Fsp3) is 0.304. The first-order valence-corrected chi connectivity index (χ1v) is 10.5. The Bertz CT molecular complexity index is 954. The smallest absolute Gasteiger partial charge is 0.235 e. The third-order valence-electron chi connectivity index (χ3n) is 5.78. The molecule has 4 rings (SSSR count). The lowest BCUT2D eigenvalue weighted by Gasteiger charge is -2.28. The topological polar surface area (TPSA) is 46.9 Å². The molecule has 4 nitrogen and oxygen atoms in total. The number of carbonyl (C=O) groups excluding carboxylic acids is 1. The molecule has 28 heavy (non-hydrogen) atoms. The van der Waals surface area contributed by atoms with Gasteiger partial charge < -0.3 is 9.88 Å². The quantitative estimate of drug-likeness (QED) is 0.576. The molecule has 1 aliphatic carbocycles. The van der Waals surface area contributed by atoms with Crippen LogP contribution in [-0.4, -0.2) is 15.5 Å². The molecule has 144 valence electrons.